The van der Waals surface area contributed by atoms with E-state index in [1.165, 1.54) is 5.56 Å². The average molecular weight is 295 g/mol. The molecular weight excluding hydrogens is 266 g/mol. The highest BCUT2D eigenvalue weighted by Crippen LogP contribution is 2.20. The van der Waals surface area contributed by atoms with Crippen LogP contribution >= 0.6 is 0 Å². The summed E-state index contributed by atoms with van der Waals surface area (Å²) in [5, 5.41) is 10.6. The highest BCUT2D eigenvalue weighted by Gasteiger charge is 2.19. The van der Waals surface area contributed by atoms with Crippen molar-refractivity contribution < 1.29 is 14.6 Å². The molecule has 1 aromatic rings. The van der Waals surface area contributed by atoms with E-state index in [0.717, 1.165) is 17.7 Å². The van der Waals surface area contributed by atoms with Gasteiger partial charge in [-0.2, -0.15) is 0 Å². The number of aliphatic hydroxyl groups excluding tert-OH is 1. The van der Waals surface area contributed by atoms with Crippen LogP contribution in [0.4, 0.5) is 0 Å². The van der Waals surface area contributed by atoms with Crippen LogP contribution in [0.5, 0.6) is 0 Å². The first-order chi connectivity index (χ1) is 9.99. The van der Waals surface area contributed by atoms with Gasteiger partial charge in [-0.3, -0.25) is 4.90 Å². The van der Waals surface area contributed by atoms with E-state index in [0.29, 0.717) is 19.8 Å². The third-order valence-electron chi connectivity index (χ3n) is 3.81. The maximum absolute atomic E-state index is 10.6. The van der Waals surface area contributed by atoms with Crippen molar-refractivity contribution in [3.63, 3.8) is 0 Å². The molecule has 0 heterocycles. The molecule has 1 rings (SSSR count). The predicted octanol–water partition coefficient (Wildman–Crippen LogP) is 2.32. The number of aryl methyl sites for hydroxylation is 2. The van der Waals surface area contributed by atoms with Crippen LogP contribution < -0.4 is 0 Å². The Bertz CT molecular complexity index is 422. The van der Waals surface area contributed by atoms with Crippen molar-refractivity contribution in [2.45, 2.75) is 32.9 Å². The van der Waals surface area contributed by atoms with Gasteiger partial charge in [0.1, 0.15) is 0 Å². The van der Waals surface area contributed by atoms with Crippen molar-refractivity contribution >= 4 is 0 Å². The molecule has 0 saturated carbocycles. The van der Waals surface area contributed by atoms with Gasteiger partial charge in [0, 0.05) is 33.4 Å². The minimum absolute atomic E-state index is 0.241. The molecule has 0 fully saturated rings. The van der Waals surface area contributed by atoms with Gasteiger partial charge >= 0.3 is 0 Å². The van der Waals surface area contributed by atoms with Crippen LogP contribution in [0, 0.1) is 13.8 Å². The van der Waals surface area contributed by atoms with E-state index in [9.17, 15) is 5.11 Å². The van der Waals surface area contributed by atoms with Crippen molar-refractivity contribution in [3.05, 3.63) is 34.9 Å². The van der Waals surface area contributed by atoms with Crippen LogP contribution in [-0.2, 0) is 9.47 Å². The monoisotopic (exact) mass is 295 g/mol. The summed E-state index contributed by atoms with van der Waals surface area (Å²) in [4.78, 5) is 2.21. The largest absolute Gasteiger partial charge is 0.387 e. The first-order valence-corrected chi connectivity index (χ1v) is 7.46. The molecule has 1 aromatic carbocycles. The van der Waals surface area contributed by atoms with E-state index in [1.54, 1.807) is 14.2 Å². The van der Waals surface area contributed by atoms with Gasteiger partial charge in [-0.05, 0) is 31.9 Å². The Morgan fingerprint density at radius 2 is 1.90 bits per heavy atom. The lowest BCUT2D eigenvalue weighted by atomic mass is 10.0. The van der Waals surface area contributed by atoms with Gasteiger partial charge in [0.25, 0.3) is 0 Å². The molecule has 0 radical (unpaired) electrons. The summed E-state index contributed by atoms with van der Waals surface area (Å²) in [5.74, 6) is 0. The van der Waals surface area contributed by atoms with Crippen LogP contribution in [0.2, 0.25) is 0 Å². The fourth-order valence-electron chi connectivity index (χ4n) is 2.57. The van der Waals surface area contributed by atoms with E-state index in [1.807, 2.05) is 19.1 Å². The molecule has 0 bridgehead atoms. The Morgan fingerprint density at radius 1 is 1.19 bits per heavy atom. The highest BCUT2D eigenvalue weighted by atomic mass is 16.5. The molecule has 21 heavy (non-hydrogen) atoms. The number of aliphatic hydroxyl groups is 1. The van der Waals surface area contributed by atoms with Crippen LogP contribution in [0.3, 0.4) is 0 Å². The molecule has 0 saturated heterocycles. The van der Waals surface area contributed by atoms with E-state index >= 15 is 0 Å². The predicted molar refractivity (Wildman–Crippen MR) is 85.7 cm³/mol. The Hall–Kier alpha value is -0.940. The Morgan fingerprint density at radius 3 is 2.48 bits per heavy atom. The van der Waals surface area contributed by atoms with Gasteiger partial charge < -0.3 is 14.6 Å². The zero-order valence-corrected chi connectivity index (χ0v) is 13.9. The van der Waals surface area contributed by atoms with Crippen molar-refractivity contribution in [1.29, 1.82) is 0 Å². The second-order valence-electron chi connectivity index (χ2n) is 5.67. The molecule has 0 aliphatic rings. The van der Waals surface area contributed by atoms with Gasteiger partial charge in [0.05, 0.1) is 19.3 Å². The van der Waals surface area contributed by atoms with Crippen LogP contribution in [0.25, 0.3) is 0 Å². The highest BCUT2D eigenvalue weighted by molar-refractivity contribution is 5.32. The second-order valence-corrected chi connectivity index (χ2v) is 5.67. The molecule has 4 nitrogen and oxygen atoms in total. The fraction of sp³-hybridized carbons (Fsp3) is 0.647. The summed E-state index contributed by atoms with van der Waals surface area (Å²) < 4.78 is 10.4. The molecule has 2 unspecified atom stereocenters. The van der Waals surface area contributed by atoms with Crippen LogP contribution in [-0.4, -0.2) is 56.6 Å². The maximum atomic E-state index is 10.6. The third kappa shape index (κ3) is 5.75. The minimum Gasteiger partial charge on any atom is -0.387 e. The van der Waals surface area contributed by atoms with Gasteiger partial charge in [0.2, 0.25) is 0 Å². The molecule has 120 valence electrons. The molecule has 0 aromatic heterocycles. The van der Waals surface area contributed by atoms with Gasteiger partial charge in [-0.15, -0.1) is 0 Å². The summed E-state index contributed by atoms with van der Waals surface area (Å²) in [6.07, 6.45) is -0.498. The smallest absolute Gasteiger partial charge is 0.0919 e. The number of benzene rings is 1. The normalized spacial score (nSPS) is 14.4. The van der Waals surface area contributed by atoms with Crippen molar-refractivity contribution in [2.75, 3.05) is 40.5 Å². The summed E-state index contributed by atoms with van der Waals surface area (Å²) in [5.41, 5.74) is 3.34. The molecule has 4 heteroatoms. The van der Waals surface area contributed by atoms with Crippen molar-refractivity contribution in [2.24, 2.45) is 0 Å². The fourth-order valence-corrected chi connectivity index (χ4v) is 2.57. The summed E-state index contributed by atoms with van der Waals surface area (Å²) >= 11 is 0. The van der Waals surface area contributed by atoms with Crippen molar-refractivity contribution in [3.8, 4) is 0 Å². The Balaban J connectivity index is 2.76. The van der Waals surface area contributed by atoms with E-state index < -0.39 is 6.10 Å². The topological polar surface area (TPSA) is 41.9 Å². The molecule has 0 aliphatic carbocycles. The lowest BCUT2D eigenvalue weighted by Gasteiger charge is -2.30. The van der Waals surface area contributed by atoms with Gasteiger partial charge in [0.15, 0.2) is 0 Å². The van der Waals surface area contributed by atoms with Gasteiger partial charge in [-0.25, -0.2) is 0 Å². The standard InChI is InChI=1S/C17H29NO3/c1-13-6-7-16(14(2)10-13)17(19)11-18(8-9-20-4)15(3)12-21-5/h6-7,10,15,17,19H,8-9,11-12H2,1-5H3. The number of rotatable bonds is 9. The zero-order chi connectivity index (χ0) is 15.8. The molecule has 0 amide bonds. The first-order valence-electron chi connectivity index (χ1n) is 7.46. The summed E-state index contributed by atoms with van der Waals surface area (Å²) in [6, 6.07) is 6.41. The van der Waals surface area contributed by atoms with Crippen molar-refractivity contribution in [1.82, 2.24) is 4.90 Å². The second kappa shape index (κ2) is 9.15. The Labute approximate surface area is 128 Å². The third-order valence-corrected chi connectivity index (χ3v) is 3.81. The molecule has 0 spiro atoms. The average Bonchev–Trinajstić information content (AvgIpc) is 2.43. The van der Waals surface area contributed by atoms with Crippen LogP contribution in [0.1, 0.15) is 29.7 Å². The number of methoxy groups -OCH3 is 2. The molecule has 1 N–H and O–H groups in total. The quantitative estimate of drug-likeness (QED) is 0.759. The first kappa shape index (κ1) is 18.1. The molecule has 0 aliphatic heterocycles. The van der Waals surface area contributed by atoms with Crippen LogP contribution in [0.15, 0.2) is 18.2 Å². The van der Waals surface area contributed by atoms with E-state index in [2.05, 4.69) is 24.8 Å². The molecular formula is C17H29NO3. The maximum Gasteiger partial charge on any atom is 0.0919 e. The number of ether oxygens (including phenoxy) is 2. The number of nitrogens with zero attached hydrogens (tertiary/aromatic N) is 1. The van der Waals surface area contributed by atoms with Gasteiger partial charge in [-0.1, -0.05) is 23.8 Å². The number of hydrogen-bond donors (Lipinski definition) is 1. The minimum atomic E-state index is -0.498. The number of hydrogen-bond acceptors (Lipinski definition) is 4. The summed E-state index contributed by atoms with van der Waals surface area (Å²) in [7, 11) is 3.39. The van der Waals surface area contributed by atoms with E-state index in [-0.39, 0.29) is 6.04 Å². The lowest BCUT2D eigenvalue weighted by molar-refractivity contribution is 0.0384. The van der Waals surface area contributed by atoms with E-state index in [4.69, 9.17) is 9.47 Å². The lowest BCUT2D eigenvalue weighted by Crippen LogP contribution is -2.41. The summed E-state index contributed by atoms with van der Waals surface area (Å²) in [6.45, 7) is 8.87. The molecule has 2 atom stereocenters. The SMILES string of the molecule is COCCN(CC(O)c1ccc(C)cc1C)C(C)COC. The Kier molecular flexibility index (Phi) is 7.89. The zero-order valence-electron chi connectivity index (χ0n) is 13.9.